The molecule has 1 unspecified atom stereocenters. The van der Waals surface area contributed by atoms with Crippen LogP contribution in [0.4, 0.5) is 5.95 Å². The summed E-state index contributed by atoms with van der Waals surface area (Å²) in [5, 5.41) is 10.4. The highest BCUT2D eigenvalue weighted by atomic mass is 32.2. The van der Waals surface area contributed by atoms with Gasteiger partial charge in [-0.05, 0) is 105 Å². The highest BCUT2D eigenvalue weighted by Gasteiger charge is 2.42. The van der Waals surface area contributed by atoms with Crippen molar-refractivity contribution < 1.29 is 18.3 Å². The van der Waals surface area contributed by atoms with Crippen molar-refractivity contribution in [2.24, 2.45) is 23.2 Å². The predicted octanol–water partition coefficient (Wildman–Crippen LogP) is 7.28. The number of aliphatic hydroxyl groups is 1. The van der Waals surface area contributed by atoms with Gasteiger partial charge in [0.15, 0.2) is 0 Å². The van der Waals surface area contributed by atoms with Crippen molar-refractivity contribution in [1.29, 1.82) is 0 Å². The van der Waals surface area contributed by atoms with Crippen LogP contribution in [0.15, 0.2) is 53.4 Å². The molecule has 4 bridgehead atoms. The van der Waals surface area contributed by atoms with Crippen molar-refractivity contribution in [3.05, 3.63) is 65.2 Å². The first-order valence-electron chi connectivity index (χ1n) is 15.0. The highest BCUT2D eigenvalue weighted by molar-refractivity contribution is 7.92. The third-order valence-corrected chi connectivity index (χ3v) is 9.94. The van der Waals surface area contributed by atoms with E-state index in [9.17, 15) is 13.5 Å². The number of rotatable bonds is 5. The number of ether oxygens (including phenoxy) is 1. The maximum absolute atomic E-state index is 13.7. The Morgan fingerprint density at radius 1 is 0.952 bits per heavy atom. The van der Waals surface area contributed by atoms with Gasteiger partial charge >= 0.3 is 0 Å². The Morgan fingerprint density at radius 3 is 2.26 bits per heavy atom. The second kappa shape index (κ2) is 11.3. The molecule has 5 rings (SSSR count). The quantitative estimate of drug-likeness (QED) is 0.323. The van der Waals surface area contributed by atoms with E-state index in [1.165, 1.54) is 0 Å². The minimum absolute atomic E-state index is 0.00601. The molecule has 7 nitrogen and oxygen atoms in total. The summed E-state index contributed by atoms with van der Waals surface area (Å²) >= 11 is 0. The summed E-state index contributed by atoms with van der Waals surface area (Å²) in [5.41, 5.74) is 3.99. The minimum atomic E-state index is -3.95. The van der Waals surface area contributed by atoms with Crippen LogP contribution in [0.1, 0.15) is 82.9 Å². The zero-order chi connectivity index (χ0) is 30.4. The van der Waals surface area contributed by atoms with E-state index in [2.05, 4.69) is 41.5 Å². The molecule has 2 aromatic carbocycles. The average Bonchev–Trinajstić information content (AvgIpc) is 2.83. The summed E-state index contributed by atoms with van der Waals surface area (Å²) in [6, 6.07) is 15.2. The van der Waals surface area contributed by atoms with E-state index in [1.54, 1.807) is 6.07 Å². The molecule has 1 aliphatic heterocycles. The lowest BCUT2D eigenvalue weighted by Crippen LogP contribution is -2.39. The van der Waals surface area contributed by atoms with Gasteiger partial charge in [-0.1, -0.05) is 51.1 Å². The van der Waals surface area contributed by atoms with Crippen LogP contribution < -0.4 is 9.46 Å². The molecule has 2 heterocycles. The number of anilines is 1. The van der Waals surface area contributed by atoms with Crippen LogP contribution in [0, 0.1) is 37.0 Å². The molecule has 0 radical (unpaired) electrons. The van der Waals surface area contributed by atoms with Crippen LogP contribution in [0.3, 0.4) is 0 Å². The molecule has 1 aromatic heterocycles. The van der Waals surface area contributed by atoms with Crippen LogP contribution in [-0.4, -0.2) is 35.7 Å². The van der Waals surface area contributed by atoms with Gasteiger partial charge in [-0.2, -0.15) is 4.98 Å². The van der Waals surface area contributed by atoms with E-state index in [0.717, 1.165) is 47.9 Å². The summed E-state index contributed by atoms with van der Waals surface area (Å²) in [6.07, 6.45) is 3.67. The van der Waals surface area contributed by atoms with Gasteiger partial charge in [-0.15, -0.1) is 0 Å². The van der Waals surface area contributed by atoms with Crippen molar-refractivity contribution in [3.8, 4) is 17.1 Å². The molecule has 1 aliphatic carbocycles. The molecule has 42 heavy (non-hydrogen) atoms. The maximum Gasteiger partial charge on any atom is 0.264 e. The van der Waals surface area contributed by atoms with Gasteiger partial charge < -0.3 is 9.84 Å². The summed E-state index contributed by atoms with van der Waals surface area (Å²) < 4.78 is 36.5. The smallest absolute Gasteiger partial charge is 0.264 e. The van der Waals surface area contributed by atoms with Gasteiger partial charge in [0, 0.05) is 17.5 Å². The summed E-state index contributed by atoms with van der Waals surface area (Å²) in [6.45, 7) is 15.0. The van der Waals surface area contributed by atoms with Gasteiger partial charge in [0.2, 0.25) is 11.8 Å². The van der Waals surface area contributed by atoms with Gasteiger partial charge in [-0.25, -0.2) is 18.1 Å². The molecule has 2 aliphatic rings. The molecule has 8 heteroatoms. The number of aromatic nitrogens is 2. The molecule has 2 N–H and O–H groups in total. The van der Waals surface area contributed by atoms with E-state index >= 15 is 0 Å². The highest BCUT2D eigenvalue weighted by Crippen LogP contribution is 2.51. The normalized spacial score (nSPS) is 23.9. The number of nitrogens with zero attached hydrogens (tertiary/aromatic N) is 2. The second-order valence-electron chi connectivity index (χ2n) is 14.3. The van der Waals surface area contributed by atoms with Crippen LogP contribution >= 0.6 is 0 Å². The number of hydrogen-bond donors (Lipinski definition) is 2. The van der Waals surface area contributed by atoms with Gasteiger partial charge in [0.1, 0.15) is 0 Å². The van der Waals surface area contributed by atoms with E-state index in [-0.39, 0.29) is 28.1 Å². The number of fused-ring (bicyclic) bond motifs is 4. The first kappa shape index (κ1) is 30.5. The number of nitrogens with one attached hydrogen (secondary N) is 1. The Kier molecular flexibility index (Phi) is 8.18. The molecule has 2 atom stereocenters. The number of benzene rings is 2. The Hall–Kier alpha value is -2.97. The van der Waals surface area contributed by atoms with Crippen LogP contribution in [0.5, 0.6) is 5.88 Å². The molecule has 0 amide bonds. The largest absolute Gasteiger partial charge is 0.477 e. The van der Waals surface area contributed by atoms with Crippen molar-refractivity contribution in [2.75, 3.05) is 11.3 Å². The lowest BCUT2D eigenvalue weighted by molar-refractivity contribution is 0.00728. The van der Waals surface area contributed by atoms with Crippen molar-refractivity contribution in [3.63, 3.8) is 0 Å². The van der Waals surface area contributed by atoms with Crippen LogP contribution in [0.25, 0.3) is 11.3 Å². The van der Waals surface area contributed by atoms with Crippen molar-refractivity contribution >= 4 is 16.0 Å². The third-order valence-electron chi connectivity index (χ3n) is 8.61. The molecule has 226 valence electrons. The second-order valence-corrected chi connectivity index (χ2v) is 16.0. The molecule has 3 aromatic rings. The zero-order valence-electron chi connectivity index (χ0n) is 25.9. The molecule has 1 fully saturated rings. The molecule has 0 saturated heterocycles. The first-order chi connectivity index (χ1) is 19.6. The third kappa shape index (κ3) is 6.97. The fraction of sp³-hybridized carbons (Fsp3) is 0.529. The van der Waals surface area contributed by atoms with E-state index < -0.39 is 15.6 Å². The molecular weight excluding hydrogens is 546 g/mol. The van der Waals surface area contributed by atoms with E-state index in [0.29, 0.717) is 30.0 Å². The van der Waals surface area contributed by atoms with E-state index in [4.69, 9.17) is 4.74 Å². The molecule has 1 saturated carbocycles. The van der Waals surface area contributed by atoms with E-state index in [1.807, 2.05) is 64.1 Å². The fourth-order valence-electron chi connectivity index (χ4n) is 7.11. The maximum atomic E-state index is 13.7. The standard InChI is InChI=1S/C34H45N3O4S/c1-21-10-8-11-22(2)30(21)28-17-29-36-32(35-28)37-42(39,40)27-13-9-12-24(16-27)31(26(20-41-29)19-33(3,4)5)25-14-23(15-25)18-34(6,7)38/h8-13,16-17,23,25-26,31,38H,14-15,18-20H2,1-7H3,(H,35,36,37)/t23-,25+,26-,31?/m1/s1. The number of aryl methyl sites for hydroxylation is 2. The van der Waals surface area contributed by atoms with Gasteiger partial charge in [0.05, 0.1) is 22.8 Å². The fourth-order valence-corrected chi connectivity index (χ4v) is 8.11. The number of sulfonamides is 1. The van der Waals surface area contributed by atoms with Gasteiger partial charge in [-0.3, -0.25) is 0 Å². The van der Waals surface area contributed by atoms with Crippen LogP contribution in [-0.2, 0) is 10.0 Å². The van der Waals surface area contributed by atoms with Crippen LogP contribution in [0.2, 0.25) is 0 Å². The Bertz CT molecular complexity index is 1530. The predicted molar refractivity (Wildman–Crippen MR) is 167 cm³/mol. The molecular formula is C34H45N3O4S. The summed E-state index contributed by atoms with van der Waals surface area (Å²) in [4.78, 5) is 9.37. The number of hydrogen-bond acceptors (Lipinski definition) is 6. The Morgan fingerprint density at radius 2 is 1.62 bits per heavy atom. The van der Waals surface area contributed by atoms with Crippen molar-refractivity contribution in [1.82, 2.24) is 9.97 Å². The first-order valence-corrected chi connectivity index (χ1v) is 16.5. The SMILES string of the molecule is Cc1cccc(C)c1-c1cc2nc(n1)NS(=O)(=O)c1cccc(c1)C([C@H]1C[C@@H](CC(C)(C)O)C1)[C@H](CC(C)(C)C)CO2. The topological polar surface area (TPSA) is 101 Å². The lowest BCUT2D eigenvalue weighted by Gasteiger charge is -2.46. The molecule has 0 spiro atoms. The Labute approximate surface area is 251 Å². The van der Waals surface area contributed by atoms with Gasteiger partial charge in [0.25, 0.3) is 10.0 Å². The summed E-state index contributed by atoms with van der Waals surface area (Å²) in [5.74, 6) is 1.41. The Balaban J connectivity index is 1.60. The minimum Gasteiger partial charge on any atom is -0.477 e. The average molecular weight is 592 g/mol. The monoisotopic (exact) mass is 591 g/mol. The lowest BCUT2D eigenvalue weighted by atomic mass is 9.60. The zero-order valence-corrected chi connectivity index (χ0v) is 26.8. The summed E-state index contributed by atoms with van der Waals surface area (Å²) in [7, 11) is -3.95. The van der Waals surface area contributed by atoms with Crippen molar-refractivity contribution in [2.45, 2.75) is 90.6 Å².